The Kier molecular flexibility index (Phi) is 6.06. The van der Waals surface area contributed by atoms with Gasteiger partial charge in [-0.3, -0.25) is 4.90 Å². The van der Waals surface area contributed by atoms with Crippen molar-refractivity contribution >= 4 is 0 Å². The summed E-state index contributed by atoms with van der Waals surface area (Å²) in [5.74, 6) is 0. The molecule has 0 radical (unpaired) electrons. The first-order chi connectivity index (χ1) is 9.74. The molecule has 0 saturated heterocycles. The van der Waals surface area contributed by atoms with Crippen molar-refractivity contribution in [3.8, 4) is 0 Å². The van der Waals surface area contributed by atoms with Crippen LogP contribution in [0.4, 0.5) is 0 Å². The molecule has 1 aromatic rings. The molecular formula is C18H30N2. The second kappa shape index (κ2) is 7.80. The zero-order chi connectivity index (χ0) is 14.4. The van der Waals surface area contributed by atoms with Crippen molar-refractivity contribution in [3.05, 3.63) is 35.4 Å². The van der Waals surface area contributed by atoms with Gasteiger partial charge in [0.2, 0.25) is 0 Å². The first-order valence-corrected chi connectivity index (χ1v) is 8.28. The summed E-state index contributed by atoms with van der Waals surface area (Å²) < 4.78 is 0. The van der Waals surface area contributed by atoms with Gasteiger partial charge in [-0.2, -0.15) is 0 Å². The second-order valence-corrected chi connectivity index (χ2v) is 6.10. The summed E-state index contributed by atoms with van der Waals surface area (Å²) in [7, 11) is 0. The molecule has 1 aliphatic rings. The van der Waals surface area contributed by atoms with Gasteiger partial charge >= 0.3 is 0 Å². The normalized spacial score (nSPS) is 16.6. The molecule has 1 saturated carbocycles. The lowest BCUT2D eigenvalue weighted by molar-refractivity contribution is 0.230. The Labute approximate surface area is 124 Å². The van der Waals surface area contributed by atoms with E-state index in [1.54, 1.807) is 0 Å². The largest absolute Gasteiger partial charge is 0.309 e. The molecule has 2 nitrogen and oxygen atoms in total. The van der Waals surface area contributed by atoms with Gasteiger partial charge in [0, 0.05) is 18.6 Å². The second-order valence-electron chi connectivity index (χ2n) is 6.10. The van der Waals surface area contributed by atoms with E-state index in [9.17, 15) is 0 Å². The molecule has 1 unspecified atom stereocenters. The number of benzene rings is 1. The van der Waals surface area contributed by atoms with Crippen LogP contribution in [0.3, 0.4) is 0 Å². The van der Waals surface area contributed by atoms with Gasteiger partial charge in [-0.25, -0.2) is 0 Å². The molecule has 112 valence electrons. The third kappa shape index (κ3) is 4.60. The summed E-state index contributed by atoms with van der Waals surface area (Å²) in [5.41, 5.74) is 2.77. The van der Waals surface area contributed by atoms with E-state index in [1.807, 2.05) is 0 Å². The Morgan fingerprint density at radius 1 is 1.20 bits per heavy atom. The van der Waals surface area contributed by atoms with Gasteiger partial charge in [0.1, 0.15) is 0 Å². The molecule has 0 aliphatic heterocycles. The number of aryl methyl sites for hydroxylation is 1. The number of hydrogen-bond donors (Lipinski definition) is 1. The monoisotopic (exact) mass is 274 g/mol. The van der Waals surface area contributed by atoms with E-state index in [1.165, 1.54) is 43.4 Å². The van der Waals surface area contributed by atoms with Crippen LogP contribution in [0, 0.1) is 6.92 Å². The molecule has 1 fully saturated rings. The highest BCUT2D eigenvalue weighted by Crippen LogP contribution is 2.29. The summed E-state index contributed by atoms with van der Waals surface area (Å²) >= 11 is 0. The maximum absolute atomic E-state index is 3.67. The number of nitrogens with one attached hydrogen (secondary N) is 1. The van der Waals surface area contributed by atoms with E-state index in [2.05, 4.69) is 55.3 Å². The minimum Gasteiger partial charge on any atom is -0.309 e. The van der Waals surface area contributed by atoms with Crippen LogP contribution >= 0.6 is 0 Å². The molecule has 0 spiro atoms. The van der Waals surface area contributed by atoms with Crippen LogP contribution in [0.2, 0.25) is 0 Å². The van der Waals surface area contributed by atoms with Crippen LogP contribution in [-0.2, 0) is 0 Å². The Bertz CT molecular complexity index is 381. The number of likely N-dealkylation sites (N-methyl/N-ethyl adjacent to an activating group) is 1. The molecular weight excluding hydrogens is 244 g/mol. The number of unbranched alkanes of at least 4 members (excludes halogenated alkanes) is 1. The maximum Gasteiger partial charge on any atom is 0.0449 e. The zero-order valence-corrected chi connectivity index (χ0v) is 13.4. The van der Waals surface area contributed by atoms with E-state index in [0.29, 0.717) is 6.04 Å². The van der Waals surface area contributed by atoms with E-state index in [-0.39, 0.29) is 0 Å². The molecule has 0 aromatic heterocycles. The summed E-state index contributed by atoms with van der Waals surface area (Å²) in [6.45, 7) is 10.1. The fraction of sp³-hybridized carbons (Fsp3) is 0.667. The Morgan fingerprint density at radius 3 is 2.45 bits per heavy atom. The smallest absolute Gasteiger partial charge is 0.0449 e. The third-order valence-corrected chi connectivity index (χ3v) is 4.21. The molecule has 1 aromatic carbocycles. The van der Waals surface area contributed by atoms with Gasteiger partial charge in [-0.15, -0.1) is 0 Å². The SMILES string of the molecule is CCCCN(CC(NCC)c1ccc(C)cc1)C1CC1. The molecule has 2 rings (SSSR count). The Hall–Kier alpha value is -0.860. The Morgan fingerprint density at radius 2 is 1.90 bits per heavy atom. The number of rotatable bonds is 9. The highest BCUT2D eigenvalue weighted by molar-refractivity contribution is 5.24. The van der Waals surface area contributed by atoms with Crippen molar-refractivity contribution in [3.63, 3.8) is 0 Å². The quantitative estimate of drug-likeness (QED) is 0.734. The van der Waals surface area contributed by atoms with Crippen molar-refractivity contribution in [1.82, 2.24) is 10.2 Å². The average molecular weight is 274 g/mol. The van der Waals surface area contributed by atoms with Crippen LogP contribution in [-0.4, -0.2) is 30.6 Å². The topological polar surface area (TPSA) is 15.3 Å². The molecule has 1 atom stereocenters. The van der Waals surface area contributed by atoms with Crippen LogP contribution in [0.5, 0.6) is 0 Å². The van der Waals surface area contributed by atoms with Crippen LogP contribution in [0.15, 0.2) is 24.3 Å². The first-order valence-electron chi connectivity index (χ1n) is 8.28. The molecule has 0 heterocycles. The predicted octanol–water partition coefficient (Wildman–Crippen LogP) is 3.91. The number of hydrogen-bond acceptors (Lipinski definition) is 2. The molecule has 20 heavy (non-hydrogen) atoms. The van der Waals surface area contributed by atoms with Crippen molar-refractivity contribution in [2.45, 2.75) is 58.5 Å². The van der Waals surface area contributed by atoms with E-state index < -0.39 is 0 Å². The molecule has 0 amide bonds. The minimum atomic E-state index is 0.470. The zero-order valence-electron chi connectivity index (χ0n) is 13.4. The van der Waals surface area contributed by atoms with Gasteiger partial charge in [0.15, 0.2) is 0 Å². The van der Waals surface area contributed by atoms with Crippen molar-refractivity contribution < 1.29 is 0 Å². The van der Waals surface area contributed by atoms with Gasteiger partial charge in [-0.1, -0.05) is 50.1 Å². The molecule has 2 heteroatoms. The van der Waals surface area contributed by atoms with Crippen LogP contribution in [0.25, 0.3) is 0 Å². The van der Waals surface area contributed by atoms with E-state index in [4.69, 9.17) is 0 Å². The molecule has 1 aliphatic carbocycles. The number of nitrogens with zero attached hydrogens (tertiary/aromatic N) is 1. The van der Waals surface area contributed by atoms with Gasteiger partial charge in [-0.05, 0) is 44.8 Å². The van der Waals surface area contributed by atoms with Gasteiger partial charge < -0.3 is 5.32 Å². The summed E-state index contributed by atoms with van der Waals surface area (Å²) in [6.07, 6.45) is 5.41. The van der Waals surface area contributed by atoms with Crippen molar-refractivity contribution in [1.29, 1.82) is 0 Å². The standard InChI is InChI=1S/C18H30N2/c1-4-6-13-20(17-11-12-17)14-18(19-5-2)16-9-7-15(3)8-10-16/h7-10,17-19H,4-6,11-14H2,1-3H3. The first kappa shape index (κ1) is 15.5. The predicted molar refractivity (Wildman–Crippen MR) is 87.1 cm³/mol. The highest BCUT2D eigenvalue weighted by Gasteiger charge is 2.30. The summed E-state index contributed by atoms with van der Waals surface area (Å²) in [5, 5.41) is 3.67. The summed E-state index contributed by atoms with van der Waals surface area (Å²) in [4.78, 5) is 2.71. The third-order valence-electron chi connectivity index (χ3n) is 4.21. The van der Waals surface area contributed by atoms with Crippen LogP contribution in [0.1, 0.15) is 56.7 Å². The lowest BCUT2D eigenvalue weighted by Crippen LogP contribution is -2.37. The minimum absolute atomic E-state index is 0.470. The summed E-state index contributed by atoms with van der Waals surface area (Å²) in [6, 6.07) is 10.4. The molecule has 0 bridgehead atoms. The van der Waals surface area contributed by atoms with E-state index >= 15 is 0 Å². The maximum atomic E-state index is 3.67. The van der Waals surface area contributed by atoms with Gasteiger partial charge in [0.25, 0.3) is 0 Å². The fourth-order valence-electron chi connectivity index (χ4n) is 2.79. The van der Waals surface area contributed by atoms with Crippen LogP contribution < -0.4 is 5.32 Å². The highest BCUT2D eigenvalue weighted by atomic mass is 15.2. The van der Waals surface area contributed by atoms with E-state index in [0.717, 1.165) is 19.1 Å². The average Bonchev–Trinajstić information content (AvgIpc) is 3.28. The lowest BCUT2D eigenvalue weighted by atomic mass is 10.0. The fourth-order valence-corrected chi connectivity index (χ4v) is 2.79. The molecule has 1 N–H and O–H groups in total. The van der Waals surface area contributed by atoms with Crippen molar-refractivity contribution in [2.24, 2.45) is 0 Å². The lowest BCUT2D eigenvalue weighted by Gasteiger charge is -2.28. The van der Waals surface area contributed by atoms with Gasteiger partial charge in [0.05, 0.1) is 0 Å². The van der Waals surface area contributed by atoms with Crippen molar-refractivity contribution in [2.75, 3.05) is 19.6 Å². The Balaban J connectivity index is 2.01.